The number of para-hydroxylation sites is 2. The molecule has 2 N–H and O–H groups in total. The highest BCUT2D eigenvalue weighted by atomic mass is 32.2. The first kappa shape index (κ1) is 20.7. The predicted molar refractivity (Wildman–Crippen MR) is 125 cm³/mol. The zero-order chi connectivity index (χ0) is 23.2. The van der Waals surface area contributed by atoms with Crippen molar-refractivity contribution in [3.05, 3.63) is 81.7 Å². The van der Waals surface area contributed by atoms with E-state index in [1.54, 1.807) is 41.8 Å². The number of anilines is 1. The molecule has 0 fully saturated rings. The molecule has 0 saturated carbocycles. The van der Waals surface area contributed by atoms with Crippen molar-refractivity contribution in [2.24, 2.45) is 5.10 Å². The number of non-ortho nitro benzene ring substituents is 1. The molecular formula is C21H14N6O4S2. The third kappa shape index (κ3) is 3.50. The molecule has 2 aromatic carbocycles. The summed E-state index contributed by atoms with van der Waals surface area (Å²) in [5.41, 5.74) is 7.92. The second-order valence-corrected chi connectivity index (χ2v) is 10.0. The van der Waals surface area contributed by atoms with Gasteiger partial charge in [-0.2, -0.15) is 9.78 Å². The van der Waals surface area contributed by atoms with Crippen LogP contribution in [0.2, 0.25) is 0 Å². The number of benzene rings is 2. The molecule has 0 aliphatic heterocycles. The minimum Gasteiger partial charge on any atom is -0.382 e. The zero-order valence-electron chi connectivity index (χ0n) is 16.7. The largest absolute Gasteiger partial charge is 0.382 e. The fourth-order valence-electron chi connectivity index (χ4n) is 3.36. The van der Waals surface area contributed by atoms with Crippen LogP contribution >= 0.6 is 11.3 Å². The minimum absolute atomic E-state index is 0.0933. The highest BCUT2D eigenvalue weighted by molar-refractivity contribution is 7.93. The Hall–Kier alpha value is -4.16. The molecule has 0 saturated heterocycles. The van der Waals surface area contributed by atoms with Crippen LogP contribution in [0.5, 0.6) is 0 Å². The Morgan fingerprint density at radius 3 is 2.52 bits per heavy atom. The van der Waals surface area contributed by atoms with Crippen molar-refractivity contribution in [2.45, 2.75) is 9.10 Å². The molecule has 164 valence electrons. The maximum absolute atomic E-state index is 13.4. The number of hydrogen-bond donors (Lipinski definition) is 1. The van der Waals surface area contributed by atoms with Gasteiger partial charge in [0.15, 0.2) is 5.65 Å². The molecule has 33 heavy (non-hydrogen) atoms. The molecule has 10 nitrogen and oxygen atoms in total. The third-order valence-electron chi connectivity index (χ3n) is 4.86. The van der Waals surface area contributed by atoms with E-state index in [1.165, 1.54) is 35.2 Å². The van der Waals surface area contributed by atoms with Gasteiger partial charge in [0.05, 0.1) is 22.2 Å². The molecule has 0 aliphatic rings. The highest BCUT2D eigenvalue weighted by Gasteiger charge is 2.31. The molecule has 0 amide bonds. The molecule has 5 rings (SSSR count). The predicted octanol–water partition coefficient (Wildman–Crippen LogP) is 3.85. The van der Waals surface area contributed by atoms with Crippen LogP contribution < -0.4 is 5.73 Å². The van der Waals surface area contributed by atoms with Crippen molar-refractivity contribution in [2.75, 3.05) is 5.73 Å². The number of thiophene rings is 1. The Labute approximate surface area is 190 Å². The third-order valence-corrected chi connectivity index (χ3v) is 8.07. The lowest BCUT2D eigenvalue weighted by Crippen LogP contribution is -2.05. The molecule has 0 radical (unpaired) electrons. The van der Waals surface area contributed by atoms with E-state index >= 15 is 0 Å². The Bertz CT molecular complexity index is 1670. The summed E-state index contributed by atoms with van der Waals surface area (Å²) in [4.78, 5) is 19.4. The number of sulfone groups is 1. The average Bonchev–Trinajstić information content (AvgIpc) is 3.43. The van der Waals surface area contributed by atoms with Crippen LogP contribution in [0.4, 0.5) is 11.5 Å². The average molecular weight is 479 g/mol. The van der Waals surface area contributed by atoms with Gasteiger partial charge in [0.25, 0.3) is 5.69 Å². The molecule has 3 aromatic heterocycles. The lowest BCUT2D eigenvalue weighted by Gasteiger charge is -2.02. The number of nitrogens with two attached hydrogens (primary N) is 1. The summed E-state index contributed by atoms with van der Waals surface area (Å²) >= 11 is 1.07. The van der Waals surface area contributed by atoms with E-state index < -0.39 is 14.8 Å². The Balaban J connectivity index is 1.77. The fourth-order valence-corrected chi connectivity index (χ4v) is 5.95. The first-order chi connectivity index (χ1) is 15.9. The van der Waals surface area contributed by atoms with Gasteiger partial charge >= 0.3 is 0 Å². The number of aromatic nitrogens is 3. The summed E-state index contributed by atoms with van der Waals surface area (Å²) in [5.74, 6) is -0.157. The summed E-state index contributed by atoms with van der Waals surface area (Å²) in [5, 5.41) is 17.0. The maximum Gasteiger partial charge on any atom is 0.270 e. The topological polar surface area (TPSA) is 146 Å². The van der Waals surface area contributed by atoms with Crippen molar-refractivity contribution in [3.63, 3.8) is 0 Å². The van der Waals surface area contributed by atoms with Crippen LogP contribution in [0.25, 0.3) is 22.2 Å². The van der Waals surface area contributed by atoms with Crippen LogP contribution in [0.15, 0.2) is 80.2 Å². The first-order valence-electron chi connectivity index (χ1n) is 9.50. The Morgan fingerprint density at radius 2 is 1.82 bits per heavy atom. The number of nitrogen functional groups attached to an aromatic ring is 1. The molecule has 12 heteroatoms. The zero-order valence-corrected chi connectivity index (χ0v) is 18.3. The molecule has 0 bridgehead atoms. The second kappa shape index (κ2) is 7.76. The number of nitro groups is 1. The number of nitrogens with zero attached hydrogens (tertiary/aromatic N) is 5. The smallest absolute Gasteiger partial charge is 0.270 e. The van der Waals surface area contributed by atoms with E-state index in [0.717, 1.165) is 11.3 Å². The molecule has 0 spiro atoms. The van der Waals surface area contributed by atoms with Gasteiger partial charge in [-0.15, -0.1) is 11.3 Å². The van der Waals surface area contributed by atoms with E-state index in [4.69, 9.17) is 5.73 Å². The van der Waals surface area contributed by atoms with Gasteiger partial charge in [-0.1, -0.05) is 30.3 Å². The maximum atomic E-state index is 13.4. The van der Waals surface area contributed by atoms with Crippen molar-refractivity contribution in [1.82, 2.24) is 14.6 Å². The number of fused-ring (bicyclic) bond motifs is 2. The minimum atomic E-state index is -3.99. The van der Waals surface area contributed by atoms with Crippen LogP contribution in [0.1, 0.15) is 5.56 Å². The van der Waals surface area contributed by atoms with Gasteiger partial charge in [0.1, 0.15) is 20.4 Å². The number of hydrogen-bond acceptors (Lipinski definition) is 9. The van der Waals surface area contributed by atoms with Crippen LogP contribution in [-0.2, 0) is 9.84 Å². The fraction of sp³-hybridized carbons (Fsp3) is 0. The van der Waals surface area contributed by atoms with Gasteiger partial charge in [0.2, 0.25) is 9.84 Å². The van der Waals surface area contributed by atoms with E-state index in [2.05, 4.69) is 15.1 Å². The quantitative estimate of drug-likeness (QED) is 0.229. The van der Waals surface area contributed by atoms with Crippen molar-refractivity contribution in [1.29, 1.82) is 0 Å². The molecule has 5 aromatic rings. The molecular weight excluding hydrogens is 464 g/mol. The normalized spacial score (nSPS) is 12.1. The summed E-state index contributed by atoms with van der Waals surface area (Å²) < 4.78 is 28.1. The summed E-state index contributed by atoms with van der Waals surface area (Å²) in [6, 6.07) is 16.0. The van der Waals surface area contributed by atoms with Crippen molar-refractivity contribution >= 4 is 61.1 Å². The lowest BCUT2D eigenvalue weighted by molar-refractivity contribution is -0.384. The molecule has 3 heterocycles. The number of rotatable bonds is 5. The van der Waals surface area contributed by atoms with Gasteiger partial charge in [0, 0.05) is 17.7 Å². The summed E-state index contributed by atoms with van der Waals surface area (Å²) in [6.45, 7) is 0. The monoisotopic (exact) mass is 478 g/mol. The van der Waals surface area contributed by atoms with Gasteiger partial charge in [-0.3, -0.25) is 10.1 Å². The highest BCUT2D eigenvalue weighted by Crippen LogP contribution is 2.36. The van der Waals surface area contributed by atoms with Crippen LogP contribution in [0.3, 0.4) is 0 Å². The van der Waals surface area contributed by atoms with E-state index in [-0.39, 0.29) is 31.8 Å². The lowest BCUT2D eigenvalue weighted by atomic mass is 10.2. The van der Waals surface area contributed by atoms with Crippen molar-refractivity contribution < 1.29 is 13.3 Å². The Kier molecular flexibility index (Phi) is 4.87. The van der Waals surface area contributed by atoms with Gasteiger partial charge in [-0.05, 0) is 23.6 Å². The van der Waals surface area contributed by atoms with E-state index in [9.17, 15) is 18.5 Å². The SMILES string of the molecule is Nc1c(S(=O)(=O)c2cccs2)c2nc3ccccc3nc2n1/N=C\c1cccc([N+](=O)[O-])c1. The van der Waals surface area contributed by atoms with Gasteiger partial charge in [-0.25, -0.2) is 18.4 Å². The summed E-state index contributed by atoms with van der Waals surface area (Å²) in [6.07, 6.45) is 1.35. The van der Waals surface area contributed by atoms with E-state index in [1.807, 2.05) is 0 Å². The number of nitro benzene ring substituents is 1. The van der Waals surface area contributed by atoms with Gasteiger partial charge < -0.3 is 5.73 Å². The molecule has 0 aliphatic carbocycles. The summed E-state index contributed by atoms with van der Waals surface area (Å²) in [7, 11) is -3.99. The van der Waals surface area contributed by atoms with E-state index in [0.29, 0.717) is 16.6 Å². The van der Waals surface area contributed by atoms with Crippen molar-refractivity contribution in [3.8, 4) is 0 Å². The van der Waals surface area contributed by atoms with Crippen LogP contribution in [-0.4, -0.2) is 34.2 Å². The molecule has 0 unspecified atom stereocenters. The standard InChI is InChI=1S/C21H14N6O4S2/c22-20-19(33(30,31)17-9-4-10-32-17)18-21(25-16-8-2-1-7-15(16)24-18)26(20)23-12-13-5-3-6-14(11-13)27(28)29/h1-12H,22H2/b23-12-. The Morgan fingerprint density at radius 1 is 1.06 bits per heavy atom. The van der Waals surface area contributed by atoms with Crippen LogP contribution in [0, 0.1) is 10.1 Å². The molecule has 0 atom stereocenters. The first-order valence-corrected chi connectivity index (χ1v) is 11.9. The second-order valence-electron chi connectivity index (χ2n) is 6.94.